The number of H-pyrrole nitrogens is 1. The first-order chi connectivity index (χ1) is 17.1. The predicted octanol–water partition coefficient (Wildman–Crippen LogP) is 3.53. The Kier molecular flexibility index (Phi) is 5.18. The molecule has 8 heteroatoms. The van der Waals surface area contributed by atoms with Gasteiger partial charge in [-0.15, -0.1) is 0 Å². The van der Waals surface area contributed by atoms with Gasteiger partial charge >= 0.3 is 0 Å². The Bertz CT molecular complexity index is 1470. The van der Waals surface area contributed by atoms with Crippen LogP contribution in [0.5, 0.6) is 0 Å². The summed E-state index contributed by atoms with van der Waals surface area (Å²) < 4.78 is 0. The van der Waals surface area contributed by atoms with Crippen molar-refractivity contribution in [2.24, 2.45) is 5.92 Å². The van der Waals surface area contributed by atoms with Crippen molar-refractivity contribution in [1.82, 2.24) is 30.2 Å². The zero-order valence-corrected chi connectivity index (χ0v) is 18.8. The molecule has 2 amide bonds. The quantitative estimate of drug-likeness (QED) is 0.468. The fourth-order valence-corrected chi connectivity index (χ4v) is 4.63. The summed E-state index contributed by atoms with van der Waals surface area (Å²) in [5.74, 6) is 0.0805. The smallest absolute Gasteiger partial charge is 0.257 e. The van der Waals surface area contributed by atoms with Gasteiger partial charge in [0.2, 0.25) is 5.91 Å². The van der Waals surface area contributed by atoms with Crippen LogP contribution in [0.2, 0.25) is 0 Å². The monoisotopic (exact) mass is 462 g/mol. The summed E-state index contributed by atoms with van der Waals surface area (Å²) in [5.41, 5.74) is 5.99. The topological polar surface area (TPSA) is 95.1 Å². The lowest BCUT2D eigenvalue weighted by atomic mass is 10.1. The standard InChI is InChI=1S/C27H22N6O2/c34-26(11-6-18-4-7-19(8-5-18)23-3-1-2-12-28-23)32-14-21-16-33(17-22(21)15-32)27(35)20-9-10-24-25(13-20)30-31-29-24/h1-13,16,22H,14-15,17H2,(H,29,30,31)/b11-6+/t22-/m1/s1. The zero-order valence-electron chi connectivity index (χ0n) is 18.8. The number of nitrogens with one attached hydrogen (secondary N) is 1. The third-order valence-electron chi connectivity index (χ3n) is 6.50. The number of pyridine rings is 1. The number of carbonyl (C=O) groups is 2. The molecule has 0 aliphatic carbocycles. The van der Waals surface area contributed by atoms with E-state index in [-0.39, 0.29) is 17.7 Å². The van der Waals surface area contributed by atoms with Crippen LogP contribution < -0.4 is 0 Å². The van der Waals surface area contributed by atoms with Crippen LogP contribution in [0.15, 0.2) is 84.7 Å². The molecule has 35 heavy (non-hydrogen) atoms. The van der Waals surface area contributed by atoms with Gasteiger partial charge in [0.05, 0.1) is 5.69 Å². The predicted molar refractivity (Wildman–Crippen MR) is 132 cm³/mol. The van der Waals surface area contributed by atoms with Gasteiger partial charge in [-0.3, -0.25) is 14.6 Å². The van der Waals surface area contributed by atoms with E-state index in [1.54, 1.807) is 35.4 Å². The second-order valence-electron chi connectivity index (χ2n) is 8.77. The average Bonchev–Trinajstić information content (AvgIpc) is 3.62. The van der Waals surface area contributed by atoms with Gasteiger partial charge in [0, 0.05) is 55.2 Å². The molecule has 0 unspecified atom stereocenters. The molecule has 2 aromatic carbocycles. The summed E-state index contributed by atoms with van der Waals surface area (Å²) in [4.78, 5) is 33.7. The van der Waals surface area contributed by atoms with E-state index in [0.717, 1.165) is 27.9 Å². The minimum absolute atomic E-state index is 0.0246. The summed E-state index contributed by atoms with van der Waals surface area (Å²) >= 11 is 0. The van der Waals surface area contributed by atoms with Crippen molar-refractivity contribution in [3.05, 3.63) is 95.8 Å². The fourth-order valence-electron chi connectivity index (χ4n) is 4.63. The van der Waals surface area contributed by atoms with Crippen molar-refractivity contribution in [2.75, 3.05) is 19.6 Å². The van der Waals surface area contributed by atoms with Gasteiger partial charge in [-0.1, -0.05) is 30.3 Å². The summed E-state index contributed by atoms with van der Waals surface area (Å²) in [6, 6.07) is 19.1. The van der Waals surface area contributed by atoms with Gasteiger partial charge in [-0.05, 0) is 47.5 Å². The third kappa shape index (κ3) is 4.10. The number of hydrogen-bond acceptors (Lipinski definition) is 5. The highest BCUT2D eigenvalue weighted by Gasteiger charge is 2.36. The molecule has 2 aliphatic rings. The lowest BCUT2D eigenvalue weighted by Gasteiger charge is -2.19. The number of aromatic amines is 1. The van der Waals surface area contributed by atoms with Crippen molar-refractivity contribution >= 4 is 28.9 Å². The Labute approximate surface area is 201 Å². The van der Waals surface area contributed by atoms with E-state index < -0.39 is 0 Å². The van der Waals surface area contributed by atoms with Gasteiger partial charge in [-0.25, -0.2) is 0 Å². The fraction of sp³-hybridized carbons (Fsp3) is 0.148. The average molecular weight is 463 g/mol. The molecule has 4 aromatic rings. The Morgan fingerprint density at radius 1 is 0.971 bits per heavy atom. The minimum Gasteiger partial charge on any atom is -0.334 e. The van der Waals surface area contributed by atoms with Gasteiger partial charge in [0.25, 0.3) is 5.91 Å². The number of likely N-dealkylation sites (tertiary alicyclic amines) is 1. The van der Waals surface area contributed by atoms with E-state index in [4.69, 9.17) is 0 Å². The second-order valence-corrected chi connectivity index (χ2v) is 8.77. The molecule has 4 heterocycles. The minimum atomic E-state index is -0.0660. The van der Waals surface area contributed by atoms with Gasteiger partial charge in [-0.2, -0.15) is 15.4 Å². The molecule has 0 radical (unpaired) electrons. The van der Waals surface area contributed by atoms with Crippen LogP contribution in [-0.4, -0.2) is 61.6 Å². The summed E-state index contributed by atoms with van der Waals surface area (Å²) in [5, 5.41) is 10.6. The molecule has 2 aromatic heterocycles. The molecule has 2 aliphatic heterocycles. The molecular weight excluding hydrogens is 440 g/mol. The molecule has 8 nitrogen and oxygen atoms in total. The highest BCUT2D eigenvalue weighted by Crippen LogP contribution is 2.31. The molecule has 172 valence electrons. The Morgan fingerprint density at radius 3 is 2.63 bits per heavy atom. The summed E-state index contributed by atoms with van der Waals surface area (Å²) in [6.07, 6.45) is 7.12. The highest BCUT2D eigenvalue weighted by atomic mass is 16.2. The number of nitrogens with zero attached hydrogens (tertiary/aromatic N) is 5. The molecule has 1 fully saturated rings. The number of aromatic nitrogens is 4. The summed E-state index contributed by atoms with van der Waals surface area (Å²) in [7, 11) is 0. The largest absolute Gasteiger partial charge is 0.334 e. The number of carbonyl (C=O) groups excluding carboxylic acids is 2. The number of hydrogen-bond donors (Lipinski definition) is 1. The maximum absolute atomic E-state index is 13.0. The maximum atomic E-state index is 13.0. The maximum Gasteiger partial charge on any atom is 0.257 e. The van der Waals surface area contributed by atoms with Gasteiger partial charge < -0.3 is 9.80 Å². The number of fused-ring (bicyclic) bond motifs is 2. The Balaban J connectivity index is 1.08. The second kappa shape index (κ2) is 8.64. The first-order valence-electron chi connectivity index (χ1n) is 11.4. The van der Waals surface area contributed by atoms with Crippen molar-refractivity contribution in [2.45, 2.75) is 0 Å². The van der Waals surface area contributed by atoms with Crippen molar-refractivity contribution in [1.29, 1.82) is 0 Å². The zero-order chi connectivity index (χ0) is 23.8. The number of rotatable bonds is 4. The van der Waals surface area contributed by atoms with Crippen LogP contribution in [-0.2, 0) is 4.79 Å². The lowest BCUT2D eigenvalue weighted by Crippen LogP contribution is -2.32. The van der Waals surface area contributed by atoms with E-state index in [2.05, 4.69) is 20.4 Å². The van der Waals surface area contributed by atoms with E-state index in [1.807, 2.05) is 59.6 Å². The SMILES string of the molecule is O=C(c1ccc2n[nH]nc2c1)N1C=C2CN(C(=O)/C=C/c3ccc(-c4ccccn4)cc3)C[C@@H]2C1. The van der Waals surface area contributed by atoms with Crippen molar-refractivity contribution in [3.63, 3.8) is 0 Å². The molecule has 0 saturated carbocycles. The molecule has 0 bridgehead atoms. The Morgan fingerprint density at radius 2 is 1.83 bits per heavy atom. The van der Waals surface area contributed by atoms with Crippen molar-refractivity contribution in [3.8, 4) is 11.3 Å². The molecular formula is C27H22N6O2. The van der Waals surface area contributed by atoms with Crippen LogP contribution in [0.1, 0.15) is 15.9 Å². The normalized spacial score (nSPS) is 17.3. The highest BCUT2D eigenvalue weighted by molar-refractivity contribution is 5.98. The first-order valence-corrected chi connectivity index (χ1v) is 11.4. The first kappa shape index (κ1) is 21.0. The van der Waals surface area contributed by atoms with Crippen LogP contribution in [0.4, 0.5) is 0 Å². The van der Waals surface area contributed by atoms with Crippen LogP contribution >= 0.6 is 0 Å². The Hall–Kier alpha value is -4.59. The number of benzene rings is 2. The van der Waals surface area contributed by atoms with E-state index in [1.165, 1.54) is 0 Å². The summed E-state index contributed by atoms with van der Waals surface area (Å²) in [6.45, 7) is 1.73. The van der Waals surface area contributed by atoms with E-state index in [0.29, 0.717) is 30.7 Å². The molecule has 1 atom stereocenters. The van der Waals surface area contributed by atoms with Crippen LogP contribution in [0, 0.1) is 5.92 Å². The van der Waals surface area contributed by atoms with Gasteiger partial charge in [0.15, 0.2) is 0 Å². The number of amides is 2. The van der Waals surface area contributed by atoms with E-state index >= 15 is 0 Å². The van der Waals surface area contributed by atoms with Gasteiger partial charge in [0.1, 0.15) is 11.0 Å². The third-order valence-corrected chi connectivity index (χ3v) is 6.50. The van der Waals surface area contributed by atoms with Crippen LogP contribution in [0.25, 0.3) is 28.4 Å². The van der Waals surface area contributed by atoms with Crippen molar-refractivity contribution < 1.29 is 9.59 Å². The molecule has 1 saturated heterocycles. The molecule has 0 spiro atoms. The lowest BCUT2D eigenvalue weighted by molar-refractivity contribution is -0.125. The molecule has 6 rings (SSSR count). The van der Waals surface area contributed by atoms with Crippen LogP contribution in [0.3, 0.4) is 0 Å². The van der Waals surface area contributed by atoms with E-state index in [9.17, 15) is 9.59 Å². The molecule has 1 N–H and O–H groups in total.